The van der Waals surface area contributed by atoms with Crippen LogP contribution in [0.15, 0.2) is 35.9 Å². The molecule has 130 valence electrons. The molecule has 25 heavy (non-hydrogen) atoms. The van der Waals surface area contributed by atoms with E-state index in [0.29, 0.717) is 19.5 Å². The van der Waals surface area contributed by atoms with Gasteiger partial charge in [-0.05, 0) is 37.1 Å². The second-order valence-electron chi connectivity index (χ2n) is 6.08. The maximum Gasteiger partial charge on any atom is 0.414 e. The van der Waals surface area contributed by atoms with Gasteiger partial charge in [0.1, 0.15) is 6.10 Å². The Morgan fingerprint density at radius 2 is 1.92 bits per heavy atom. The van der Waals surface area contributed by atoms with Crippen LogP contribution in [0.3, 0.4) is 0 Å². The number of amides is 2. The van der Waals surface area contributed by atoms with Crippen molar-refractivity contribution in [1.82, 2.24) is 5.32 Å². The van der Waals surface area contributed by atoms with E-state index < -0.39 is 6.09 Å². The first kappa shape index (κ1) is 16.8. The molecule has 3 rings (SSSR count). The van der Waals surface area contributed by atoms with Crippen LogP contribution in [0.2, 0.25) is 0 Å². The van der Waals surface area contributed by atoms with Crippen LogP contribution in [0.4, 0.5) is 16.2 Å². The standard InChI is InChI=1S/C18H20N4O3/c19-8-5-14-6-9-21(10-7-14)15-1-3-16(4-2-15)22-12-17(11-20-13-23)25-18(22)24/h1-5,13,17H,6-7,9-12H2,(H,20,23). The normalized spacial score (nSPS) is 20.0. The van der Waals surface area contributed by atoms with Crippen LogP contribution in [0.5, 0.6) is 0 Å². The first-order valence-electron chi connectivity index (χ1n) is 8.29. The van der Waals surface area contributed by atoms with Crippen LogP contribution in [0.25, 0.3) is 0 Å². The van der Waals surface area contributed by atoms with Crippen molar-refractivity contribution in [2.24, 2.45) is 0 Å². The van der Waals surface area contributed by atoms with Crippen molar-refractivity contribution < 1.29 is 14.3 Å². The van der Waals surface area contributed by atoms with E-state index in [4.69, 9.17) is 10.00 Å². The third kappa shape index (κ3) is 3.91. The van der Waals surface area contributed by atoms with Crippen LogP contribution in [0, 0.1) is 11.3 Å². The van der Waals surface area contributed by atoms with Crippen LogP contribution in [-0.2, 0) is 9.53 Å². The Balaban J connectivity index is 1.61. The topological polar surface area (TPSA) is 85.7 Å². The van der Waals surface area contributed by atoms with Crippen molar-refractivity contribution in [2.75, 3.05) is 36.0 Å². The fraction of sp³-hybridized carbons (Fsp3) is 0.389. The molecular formula is C18H20N4O3. The monoisotopic (exact) mass is 340 g/mol. The zero-order chi connectivity index (χ0) is 17.6. The van der Waals surface area contributed by atoms with Gasteiger partial charge in [-0.25, -0.2) is 4.79 Å². The molecule has 2 heterocycles. The van der Waals surface area contributed by atoms with Crippen LogP contribution >= 0.6 is 0 Å². The highest BCUT2D eigenvalue weighted by molar-refractivity contribution is 5.90. The number of cyclic esters (lactones) is 1. The van der Waals surface area contributed by atoms with Crippen molar-refractivity contribution in [3.8, 4) is 6.07 Å². The lowest BCUT2D eigenvalue weighted by atomic mass is 10.0. The smallest absolute Gasteiger partial charge is 0.414 e. The zero-order valence-electron chi connectivity index (χ0n) is 13.9. The molecule has 2 aliphatic rings. The van der Waals surface area contributed by atoms with E-state index in [0.717, 1.165) is 37.3 Å². The number of rotatable bonds is 5. The molecule has 2 amide bonds. The molecule has 0 spiro atoms. The summed E-state index contributed by atoms with van der Waals surface area (Å²) in [7, 11) is 0. The van der Waals surface area contributed by atoms with Crippen LogP contribution in [0.1, 0.15) is 12.8 Å². The number of hydrogen-bond acceptors (Lipinski definition) is 5. The lowest BCUT2D eigenvalue weighted by Gasteiger charge is -2.30. The van der Waals surface area contributed by atoms with Gasteiger partial charge in [0, 0.05) is 30.5 Å². The maximum atomic E-state index is 12.0. The second-order valence-corrected chi connectivity index (χ2v) is 6.08. The summed E-state index contributed by atoms with van der Waals surface area (Å²) < 4.78 is 5.23. The molecule has 1 unspecified atom stereocenters. The molecule has 0 aromatic heterocycles. The average molecular weight is 340 g/mol. The van der Waals surface area contributed by atoms with E-state index in [-0.39, 0.29) is 6.10 Å². The number of nitriles is 1. The molecular weight excluding hydrogens is 320 g/mol. The van der Waals surface area contributed by atoms with Gasteiger partial charge in [0.2, 0.25) is 6.41 Å². The lowest BCUT2D eigenvalue weighted by molar-refractivity contribution is -0.109. The summed E-state index contributed by atoms with van der Waals surface area (Å²) >= 11 is 0. The number of carbonyl (C=O) groups excluding carboxylic acids is 2. The fourth-order valence-electron chi connectivity index (χ4n) is 3.15. The second kappa shape index (κ2) is 7.71. The first-order chi connectivity index (χ1) is 12.2. The van der Waals surface area contributed by atoms with Crippen molar-refractivity contribution in [2.45, 2.75) is 18.9 Å². The molecule has 0 aliphatic carbocycles. The summed E-state index contributed by atoms with van der Waals surface area (Å²) in [6, 6.07) is 9.91. The summed E-state index contributed by atoms with van der Waals surface area (Å²) in [6.07, 6.45) is 3.33. The zero-order valence-corrected chi connectivity index (χ0v) is 13.9. The van der Waals surface area contributed by atoms with Gasteiger partial charge in [0.05, 0.1) is 19.2 Å². The Morgan fingerprint density at radius 1 is 1.24 bits per heavy atom. The Bertz CT molecular complexity index is 698. The minimum Gasteiger partial charge on any atom is -0.442 e. The summed E-state index contributed by atoms with van der Waals surface area (Å²) in [5, 5.41) is 11.3. The molecule has 0 bridgehead atoms. The number of benzene rings is 1. The van der Waals surface area contributed by atoms with Crippen molar-refractivity contribution in [3.63, 3.8) is 0 Å². The quantitative estimate of drug-likeness (QED) is 0.653. The number of nitrogens with one attached hydrogen (secondary N) is 1. The van der Waals surface area contributed by atoms with Crippen molar-refractivity contribution >= 4 is 23.9 Å². The summed E-state index contributed by atoms with van der Waals surface area (Å²) in [4.78, 5) is 26.2. The summed E-state index contributed by atoms with van der Waals surface area (Å²) in [5.74, 6) is 0. The van der Waals surface area contributed by atoms with Gasteiger partial charge in [-0.3, -0.25) is 9.69 Å². The van der Waals surface area contributed by atoms with Gasteiger partial charge in [-0.1, -0.05) is 5.57 Å². The highest BCUT2D eigenvalue weighted by Gasteiger charge is 2.32. The van der Waals surface area contributed by atoms with Gasteiger partial charge < -0.3 is 15.0 Å². The highest BCUT2D eigenvalue weighted by atomic mass is 16.6. The van der Waals surface area contributed by atoms with E-state index in [1.807, 2.05) is 24.3 Å². The molecule has 2 saturated heterocycles. The Morgan fingerprint density at radius 3 is 2.56 bits per heavy atom. The molecule has 1 atom stereocenters. The predicted octanol–water partition coefficient (Wildman–Crippen LogP) is 1.81. The number of hydrogen-bond donors (Lipinski definition) is 1. The number of ether oxygens (including phenoxy) is 1. The van der Waals surface area contributed by atoms with Crippen molar-refractivity contribution in [1.29, 1.82) is 5.26 Å². The molecule has 1 aromatic carbocycles. The van der Waals surface area contributed by atoms with E-state index in [1.165, 1.54) is 5.57 Å². The molecule has 7 heteroatoms. The largest absolute Gasteiger partial charge is 0.442 e. The molecule has 2 aliphatic heterocycles. The molecule has 0 radical (unpaired) electrons. The molecule has 2 fully saturated rings. The molecule has 7 nitrogen and oxygen atoms in total. The van der Waals surface area contributed by atoms with Crippen molar-refractivity contribution in [3.05, 3.63) is 35.9 Å². The molecule has 1 N–H and O–H groups in total. The third-order valence-electron chi connectivity index (χ3n) is 4.50. The van der Waals surface area contributed by atoms with Gasteiger partial charge in [0.25, 0.3) is 0 Å². The fourth-order valence-corrected chi connectivity index (χ4v) is 3.15. The highest BCUT2D eigenvalue weighted by Crippen LogP contribution is 2.27. The van der Waals surface area contributed by atoms with E-state index >= 15 is 0 Å². The van der Waals surface area contributed by atoms with Gasteiger partial charge >= 0.3 is 6.09 Å². The Kier molecular flexibility index (Phi) is 5.19. The molecule has 1 aromatic rings. The SMILES string of the molecule is N#CC=C1CCN(c2ccc(N3CC(CNC=O)OC3=O)cc2)CC1. The number of anilines is 2. The summed E-state index contributed by atoms with van der Waals surface area (Å²) in [5.41, 5.74) is 3.08. The predicted molar refractivity (Wildman–Crippen MR) is 93.3 cm³/mol. The number of carbonyl (C=O) groups is 2. The van der Waals surface area contributed by atoms with E-state index in [9.17, 15) is 9.59 Å². The Hall–Kier alpha value is -3.01. The van der Waals surface area contributed by atoms with Crippen LogP contribution in [-0.4, -0.2) is 44.8 Å². The summed E-state index contributed by atoms with van der Waals surface area (Å²) in [6.45, 7) is 2.51. The van der Waals surface area contributed by atoms with E-state index in [2.05, 4.69) is 16.3 Å². The van der Waals surface area contributed by atoms with Gasteiger partial charge in [-0.2, -0.15) is 5.26 Å². The average Bonchev–Trinajstić information content (AvgIpc) is 3.02. The maximum absolute atomic E-state index is 12.0. The van der Waals surface area contributed by atoms with Gasteiger partial charge in [-0.15, -0.1) is 0 Å². The lowest BCUT2D eigenvalue weighted by Crippen LogP contribution is -2.31. The molecule has 0 saturated carbocycles. The number of piperidine rings is 1. The third-order valence-corrected chi connectivity index (χ3v) is 4.50. The number of nitrogens with zero attached hydrogens (tertiary/aromatic N) is 3. The minimum absolute atomic E-state index is 0.316. The van der Waals surface area contributed by atoms with Crippen LogP contribution < -0.4 is 15.1 Å². The van der Waals surface area contributed by atoms with E-state index in [1.54, 1.807) is 11.0 Å². The first-order valence-corrected chi connectivity index (χ1v) is 8.29. The Labute approximate surface area is 146 Å². The number of allylic oxidation sites excluding steroid dienone is 1. The van der Waals surface area contributed by atoms with Gasteiger partial charge in [0.15, 0.2) is 0 Å². The minimum atomic E-state index is -0.394.